The molecule has 1 fully saturated rings. The average molecular weight is 407 g/mol. The molecule has 1 aliphatic heterocycles. The number of halogens is 1. The van der Waals surface area contributed by atoms with E-state index in [2.05, 4.69) is 4.72 Å². The zero-order chi connectivity index (χ0) is 19.4. The summed E-state index contributed by atoms with van der Waals surface area (Å²) in [5, 5.41) is 0.0961. The Bertz CT molecular complexity index is 916. The van der Waals surface area contributed by atoms with Crippen LogP contribution in [0.2, 0.25) is 5.02 Å². The molecule has 2 aromatic rings. The summed E-state index contributed by atoms with van der Waals surface area (Å²) >= 11 is 6.14. The molecule has 0 aliphatic carbocycles. The van der Waals surface area contributed by atoms with Crippen molar-refractivity contribution in [1.82, 2.24) is 9.62 Å². The van der Waals surface area contributed by atoms with Gasteiger partial charge in [0.2, 0.25) is 10.0 Å². The Morgan fingerprint density at radius 1 is 1.19 bits per heavy atom. The van der Waals surface area contributed by atoms with Gasteiger partial charge in [-0.1, -0.05) is 41.9 Å². The number of benzene rings is 2. The standard InChI is InChI=1S/C20H23ClN2O3S/c1-15-7-5-6-12-23(15)20(24)17-10-11-18(21)19(13-17)27(25,26)22-14-16-8-3-2-4-9-16/h2-4,8-11,13,15,22H,5-7,12,14H2,1H3/t15-/m1/s1. The van der Waals surface area contributed by atoms with E-state index < -0.39 is 10.0 Å². The van der Waals surface area contributed by atoms with Crippen LogP contribution >= 0.6 is 11.6 Å². The average Bonchev–Trinajstić information content (AvgIpc) is 2.67. The lowest BCUT2D eigenvalue weighted by Crippen LogP contribution is -2.42. The van der Waals surface area contributed by atoms with Crippen LogP contribution < -0.4 is 4.72 Å². The molecule has 27 heavy (non-hydrogen) atoms. The molecule has 0 saturated carbocycles. The van der Waals surface area contributed by atoms with Gasteiger partial charge in [0, 0.05) is 24.7 Å². The van der Waals surface area contributed by atoms with Crippen molar-refractivity contribution < 1.29 is 13.2 Å². The molecule has 2 aromatic carbocycles. The molecule has 7 heteroatoms. The highest BCUT2D eigenvalue weighted by atomic mass is 35.5. The zero-order valence-corrected chi connectivity index (χ0v) is 16.8. The van der Waals surface area contributed by atoms with Crippen LogP contribution in [-0.2, 0) is 16.6 Å². The lowest BCUT2D eigenvalue weighted by molar-refractivity contribution is 0.0635. The number of piperidine rings is 1. The molecule has 3 rings (SSSR count). The molecule has 0 spiro atoms. The highest BCUT2D eigenvalue weighted by Crippen LogP contribution is 2.25. The van der Waals surface area contributed by atoms with E-state index in [4.69, 9.17) is 11.6 Å². The number of hydrogen-bond donors (Lipinski definition) is 1. The van der Waals surface area contributed by atoms with Crippen molar-refractivity contribution in [2.75, 3.05) is 6.54 Å². The van der Waals surface area contributed by atoms with Crippen LogP contribution in [0, 0.1) is 0 Å². The summed E-state index contributed by atoms with van der Waals surface area (Å²) in [5.74, 6) is -0.154. The third-order valence-corrected chi connectivity index (χ3v) is 6.72. The first-order chi connectivity index (χ1) is 12.9. The van der Waals surface area contributed by atoms with Gasteiger partial charge >= 0.3 is 0 Å². The maximum atomic E-state index is 12.8. The van der Waals surface area contributed by atoms with Crippen LogP contribution in [0.15, 0.2) is 53.4 Å². The third kappa shape index (κ3) is 4.69. The van der Waals surface area contributed by atoms with Crippen molar-refractivity contribution in [2.45, 2.75) is 43.7 Å². The summed E-state index contributed by atoms with van der Waals surface area (Å²) < 4.78 is 28.0. The third-order valence-electron chi connectivity index (χ3n) is 4.84. The number of rotatable bonds is 5. The highest BCUT2D eigenvalue weighted by Gasteiger charge is 2.26. The van der Waals surface area contributed by atoms with Crippen molar-refractivity contribution in [1.29, 1.82) is 0 Å². The second-order valence-electron chi connectivity index (χ2n) is 6.80. The first-order valence-electron chi connectivity index (χ1n) is 9.02. The molecule has 1 aliphatic rings. The number of carbonyl (C=O) groups excluding carboxylic acids is 1. The predicted molar refractivity (Wildman–Crippen MR) is 106 cm³/mol. The number of hydrogen-bond acceptors (Lipinski definition) is 3. The fourth-order valence-electron chi connectivity index (χ4n) is 3.26. The van der Waals surface area contributed by atoms with Crippen molar-refractivity contribution in [2.24, 2.45) is 0 Å². The van der Waals surface area contributed by atoms with E-state index >= 15 is 0 Å². The van der Waals surface area contributed by atoms with Gasteiger partial charge in [0.1, 0.15) is 4.90 Å². The zero-order valence-electron chi connectivity index (χ0n) is 15.2. The van der Waals surface area contributed by atoms with Crippen LogP contribution in [0.5, 0.6) is 0 Å². The SMILES string of the molecule is C[C@@H]1CCCCN1C(=O)c1ccc(Cl)c(S(=O)(=O)NCc2ccccc2)c1. The number of nitrogens with zero attached hydrogens (tertiary/aromatic N) is 1. The van der Waals surface area contributed by atoms with Gasteiger partial charge in [-0.15, -0.1) is 0 Å². The van der Waals surface area contributed by atoms with E-state index in [-0.39, 0.29) is 28.4 Å². The molecule has 0 bridgehead atoms. The van der Waals surface area contributed by atoms with Gasteiger partial charge in [-0.3, -0.25) is 4.79 Å². The largest absolute Gasteiger partial charge is 0.336 e. The number of likely N-dealkylation sites (tertiary alicyclic amines) is 1. The Kier molecular flexibility index (Phi) is 6.19. The van der Waals surface area contributed by atoms with Gasteiger partial charge in [0.05, 0.1) is 5.02 Å². The second-order valence-corrected chi connectivity index (χ2v) is 8.94. The predicted octanol–water partition coefficient (Wildman–Crippen LogP) is 3.83. The molecule has 1 saturated heterocycles. The van der Waals surface area contributed by atoms with E-state index in [0.29, 0.717) is 12.1 Å². The van der Waals surface area contributed by atoms with Gasteiger partial charge < -0.3 is 4.90 Å². The summed E-state index contributed by atoms with van der Waals surface area (Å²) in [5.41, 5.74) is 1.18. The minimum Gasteiger partial charge on any atom is -0.336 e. The molecule has 1 N–H and O–H groups in total. The number of amides is 1. The fourth-order valence-corrected chi connectivity index (χ4v) is 4.80. The molecule has 144 valence electrons. The smallest absolute Gasteiger partial charge is 0.254 e. The summed E-state index contributed by atoms with van der Waals surface area (Å²) in [4.78, 5) is 14.6. The maximum Gasteiger partial charge on any atom is 0.254 e. The summed E-state index contributed by atoms with van der Waals surface area (Å²) in [6.07, 6.45) is 3.03. The van der Waals surface area contributed by atoms with Gasteiger partial charge in [0.25, 0.3) is 5.91 Å². The first kappa shape index (κ1) is 19.9. The maximum absolute atomic E-state index is 12.8. The fraction of sp³-hybridized carbons (Fsp3) is 0.350. The van der Waals surface area contributed by atoms with E-state index in [1.165, 1.54) is 12.1 Å². The molecular weight excluding hydrogens is 384 g/mol. The normalized spacial score (nSPS) is 17.7. The van der Waals surface area contributed by atoms with E-state index in [1.807, 2.05) is 37.3 Å². The van der Waals surface area contributed by atoms with Crippen LogP contribution in [0.4, 0.5) is 0 Å². The van der Waals surface area contributed by atoms with Crippen LogP contribution in [0.25, 0.3) is 0 Å². The molecule has 0 aromatic heterocycles. The molecule has 5 nitrogen and oxygen atoms in total. The second kappa shape index (κ2) is 8.42. The minimum atomic E-state index is -3.84. The Morgan fingerprint density at radius 3 is 2.63 bits per heavy atom. The van der Waals surface area contributed by atoms with Crippen molar-refractivity contribution in [3.63, 3.8) is 0 Å². The van der Waals surface area contributed by atoms with Gasteiger partial charge in [-0.25, -0.2) is 13.1 Å². The van der Waals surface area contributed by atoms with Crippen LogP contribution in [-0.4, -0.2) is 31.8 Å². The first-order valence-corrected chi connectivity index (χ1v) is 10.9. The van der Waals surface area contributed by atoms with Crippen molar-refractivity contribution in [3.8, 4) is 0 Å². The Morgan fingerprint density at radius 2 is 1.93 bits per heavy atom. The van der Waals surface area contributed by atoms with Gasteiger partial charge in [-0.2, -0.15) is 0 Å². The lowest BCUT2D eigenvalue weighted by atomic mass is 10.0. The summed E-state index contributed by atoms with van der Waals surface area (Å²) in [6, 6.07) is 13.8. The Balaban J connectivity index is 1.82. The number of sulfonamides is 1. The van der Waals surface area contributed by atoms with Crippen LogP contribution in [0.3, 0.4) is 0 Å². The monoisotopic (exact) mass is 406 g/mol. The van der Waals surface area contributed by atoms with Crippen molar-refractivity contribution >= 4 is 27.5 Å². The molecule has 0 unspecified atom stereocenters. The summed E-state index contributed by atoms with van der Waals surface area (Å²) in [7, 11) is -3.84. The summed E-state index contributed by atoms with van der Waals surface area (Å²) in [6.45, 7) is 2.86. The van der Waals surface area contributed by atoms with Gasteiger partial charge in [0.15, 0.2) is 0 Å². The molecule has 1 heterocycles. The van der Waals surface area contributed by atoms with Crippen molar-refractivity contribution in [3.05, 3.63) is 64.7 Å². The topological polar surface area (TPSA) is 66.5 Å². The number of carbonyl (C=O) groups is 1. The molecular formula is C20H23ClN2O3S. The Hall–Kier alpha value is -1.89. The lowest BCUT2D eigenvalue weighted by Gasteiger charge is -2.33. The van der Waals surface area contributed by atoms with Gasteiger partial charge in [-0.05, 0) is 49.9 Å². The highest BCUT2D eigenvalue weighted by molar-refractivity contribution is 7.89. The number of nitrogens with one attached hydrogen (secondary N) is 1. The molecule has 0 radical (unpaired) electrons. The van der Waals surface area contributed by atoms with E-state index in [9.17, 15) is 13.2 Å². The Labute approximate surface area is 165 Å². The van der Waals surface area contributed by atoms with E-state index in [0.717, 1.165) is 24.8 Å². The van der Waals surface area contributed by atoms with Crippen LogP contribution in [0.1, 0.15) is 42.1 Å². The quantitative estimate of drug-likeness (QED) is 0.820. The van der Waals surface area contributed by atoms with E-state index in [1.54, 1.807) is 11.0 Å². The molecule has 1 amide bonds. The molecule has 1 atom stereocenters. The minimum absolute atomic E-state index is 0.0735.